The molecule has 5 heterocycles. The second-order valence-electron chi connectivity index (χ2n) is 10.2. The number of imidazole rings is 1. The maximum absolute atomic E-state index is 5.11. The zero-order valence-corrected chi connectivity index (χ0v) is 20.6. The average molecular weight is 478 g/mol. The Labute approximate surface area is 213 Å². The summed E-state index contributed by atoms with van der Waals surface area (Å²) in [6.07, 6.45) is 3.82. The van der Waals surface area contributed by atoms with Crippen LogP contribution in [0.25, 0.3) is 55.9 Å². The summed E-state index contributed by atoms with van der Waals surface area (Å²) in [7, 11) is 0. The lowest BCUT2D eigenvalue weighted by molar-refractivity contribution is 0.624. The Morgan fingerprint density at radius 1 is 0.703 bits per heavy atom. The maximum Gasteiger partial charge on any atom is 0.147 e. The van der Waals surface area contributed by atoms with Crippen molar-refractivity contribution in [3.63, 3.8) is 0 Å². The lowest BCUT2D eigenvalue weighted by Gasteiger charge is -2.34. The molecular formula is C32H23N5. The number of rotatable bonds is 2. The number of fused-ring (bicyclic) bond motifs is 6. The molecular weight excluding hydrogens is 454 g/mol. The van der Waals surface area contributed by atoms with Crippen LogP contribution in [0.2, 0.25) is 0 Å². The van der Waals surface area contributed by atoms with Gasteiger partial charge in [-0.1, -0.05) is 62.4 Å². The summed E-state index contributed by atoms with van der Waals surface area (Å²) in [6, 6.07) is 31.7. The van der Waals surface area contributed by atoms with Crippen molar-refractivity contribution >= 4 is 33.0 Å². The van der Waals surface area contributed by atoms with Gasteiger partial charge in [0.1, 0.15) is 17.3 Å². The van der Waals surface area contributed by atoms with E-state index in [-0.39, 0.29) is 5.41 Å². The minimum absolute atomic E-state index is 0.244. The van der Waals surface area contributed by atoms with E-state index in [1.807, 2.05) is 30.6 Å². The molecule has 5 nitrogen and oxygen atoms in total. The highest BCUT2D eigenvalue weighted by atomic mass is 15.1. The molecule has 7 aromatic rings. The fraction of sp³-hybridized carbons (Fsp3) is 0.0938. The van der Waals surface area contributed by atoms with Gasteiger partial charge in [0.05, 0.1) is 16.6 Å². The summed E-state index contributed by atoms with van der Waals surface area (Å²) in [5.74, 6) is 1.83. The van der Waals surface area contributed by atoms with Crippen LogP contribution >= 0.6 is 0 Å². The SMILES string of the molecule is CC1(C)c2cc(-c3nc4ccccc4n3-c3ccccc3)cnc2-n2c3ncccc3c3cccc1c32. The van der Waals surface area contributed by atoms with Crippen LogP contribution < -0.4 is 0 Å². The molecule has 4 aromatic heterocycles. The smallest absolute Gasteiger partial charge is 0.147 e. The molecule has 8 rings (SSSR count). The maximum atomic E-state index is 5.11. The third-order valence-electron chi connectivity index (χ3n) is 7.81. The Balaban J connectivity index is 1.44. The molecule has 0 spiro atoms. The highest BCUT2D eigenvalue weighted by molar-refractivity contribution is 6.10. The highest BCUT2D eigenvalue weighted by Crippen LogP contribution is 2.47. The number of pyridine rings is 2. The zero-order valence-electron chi connectivity index (χ0n) is 20.6. The molecule has 0 saturated carbocycles. The minimum Gasteiger partial charge on any atom is -0.292 e. The monoisotopic (exact) mass is 477 g/mol. The van der Waals surface area contributed by atoms with Gasteiger partial charge in [-0.2, -0.15) is 0 Å². The standard InChI is InChI=1S/C32H23N5/c1-32(2)24-14-8-12-22-23-13-9-17-33-30(23)37(28(22)24)31-25(32)18-20(19-34-31)29-35-26-15-6-7-16-27(26)36(29)21-10-4-3-5-11-21/h3-19H,1-2H3. The van der Waals surface area contributed by atoms with E-state index >= 15 is 0 Å². The first-order valence-electron chi connectivity index (χ1n) is 12.6. The fourth-order valence-corrected chi connectivity index (χ4v) is 6.02. The van der Waals surface area contributed by atoms with Crippen LogP contribution in [0.4, 0.5) is 0 Å². The largest absolute Gasteiger partial charge is 0.292 e. The molecule has 0 bridgehead atoms. The summed E-state index contributed by atoms with van der Waals surface area (Å²) in [4.78, 5) is 15.0. The van der Waals surface area contributed by atoms with E-state index in [2.05, 4.69) is 95.8 Å². The van der Waals surface area contributed by atoms with E-state index < -0.39 is 0 Å². The predicted octanol–water partition coefficient (Wildman–Crippen LogP) is 7.22. The van der Waals surface area contributed by atoms with Gasteiger partial charge in [0.2, 0.25) is 0 Å². The van der Waals surface area contributed by atoms with Crippen LogP contribution in [0.1, 0.15) is 25.0 Å². The normalized spacial score (nSPS) is 13.9. The predicted molar refractivity (Wildman–Crippen MR) is 149 cm³/mol. The molecule has 1 aliphatic heterocycles. The van der Waals surface area contributed by atoms with Crippen molar-refractivity contribution in [1.29, 1.82) is 0 Å². The Kier molecular flexibility index (Phi) is 3.94. The van der Waals surface area contributed by atoms with Crippen molar-refractivity contribution in [2.24, 2.45) is 0 Å². The third kappa shape index (κ3) is 2.66. The van der Waals surface area contributed by atoms with E-state index in [4.69, 9.17) is 15.0 Å². The molecule has 37 heavy (non-hydrogen) atoms. The van der Waals surface area contributed by atoms with Crippen LogP contribution in [0.3, 0.4) is 0 Å². The summed E-state index contributed by atoms with van der Waals surface area (Å²) < 4.78 is 4.47. The molecule has 0 amide bonds. The molecule has 0 fully saturated rings. The zero-order chi connectivity index (χ0) is 24.7. The van der Waals surface area contributed by atoms with Crippen molar-refractivity contribution < 1.29 is 0 Å². The Morgan fingerprint density at radius 3 is 2.41 bits per heavy atom. The van der Waals surface area contributed by atoms with E-state index in [1.54, 1.807) is 0 Å². The van der Waals surface area contributed by atoms with Crippen molar-refractivity contribution in [2.75, 3.05) is 0 Å². The van der Waals surface area contributed by atoms with Crippen molar-refractivity contribution in [3.05, 3.63) is 115 Å². The van der Waals surface area contributed by atoms with Crippen LogP contribution in [-0.4, -0.2) is 24.1 Å². The molecule has 0 N–H and O–H groups in total. The Hall–Kier alpha value is -4.77. The van der Waals surface area contributed by atoms with Gasteiger partial charge < -0.3 is 0 Å². The topological polar surface area (TPSA) is 48.5 Å². The third-order valence-corrected chi connectivity index (χ3v) is 7.81. The lowest BCUT2D eigenvalue weighted by Crippen LogP contribution is -2.27. The number of para-hydroxylation sites is 4. The molecule has 0 radical (unpaired) electrons. The number of aromatic nitrogens is 5. The van der Waals surface area contributed by atoms with Crippen LogP contribution in [0.15, 0.2) is 103 Å². The second kappa shape index (κ2) is 7.14. The quantitative estimate of drug-likeness (QED) is 0.264. The molecule has 5 heteroatoms. The van der Waals surface area contributed by atoms with E-state index in [0.29, 0.717) is 0 Å². The van der Waals surface area contributed by atoms with E-state index in [0.717, 1.165) is 45.0 Å². The van der Waals surface area contributed by atoms with Gasteiger partial charge in [-0.15, -0.1) is 0 Å². The Morgan fingerprint density at radius 2 is 1.51 bits per heavy atom. The van der Waals surface area contributed by atoms with Crippen molar-refractivity contribution in [1.82, 2.24) is 24.1 Å². The number of benzene rings is 3. The summed E-state index contributed by atoms with van der Waals surface area (Å²) in [6.45, 7) is 4.58. The first-order valence-corrected chi connectivity index (χ1v) is 12.6. The van der Waals surface area contributed by atoms with Gasteiger partial charge >= 0.3 is 0 Å². The Bertz CT molecular complexity index is 2010. The van der Waals surface area contributed by atoms with Crippen molar-refractivity contribution in [2.45, 2.75) is 19.3 Å². The van der Waals surface area contributed by atoms with Gasteiger partial charge in [0, 0.05) is 45.4 Å². The summed E-state index contributed by atoms with van der Waals surface area (Å²) in [5.41, 5.74) is 8.46. The molecule has 1 aliphatic rings. The summed E-state index contributed by atoms with van der Waals surface area (Å²) in [5, 5.41) is 2.37. The number of nitrogens with zero attached hydrogens (tertiary/aromatic N) is 5. The highest BCUT2D eigenvalue weighted by Gasteiger charge is 2.36. The van der Waals surface area contributed by atoms with Gasteiger partial charge in [-0.25, -0.2) is 15.0 Å². The lowest BCUT2D eigenvalue weighted by atomic mass is 9.75. The van der Waals surface area contributed by atoms with Gasteiger partial charge in [0.25, 0.3) is 0 Å². The molecule has 0 aliphatic carbocycles. The number of hydrogen-bond acceptors (Lipinski definition) is 3. The minimum atomic E-state index is -0.244. The molecule has 3 aromatic carbocycles. The first-order chi connectivity index (χ1) is 18.1. The van der Waals surface area contributed by atoms with Crippen LogP contribution in [0, 0.1) is 0 Å². The van der Waals surface area contributed by atoms with Gasteiger partial charge in [-0.3, -0.25) is 9.13 Å². The molecule has 0 unspecified atom stereocenters. The number of hydrogen-bond donors (Lipinski definition) is 0. The molecule has 0 atom stereocenters. The van der Waals surface area contributed by atoms with E-state index in [9.17, 15) is 0 Å². The average Bonchev–Trinajstić information content (AvgIpc) is 3.49. The van der Waals surface area contributed by atoms with Gasteiger partial charge in [0.15, 0.2) is 0 Å². The molecule has 0 saturated heterocycles. The van der Waals surface area contributed by atoms with Crippen LogP contribution in [-0.2, 0) is 5.41 Å². The summed E-state index contributed by atoms with van der Waals surface area (Å²) >= 11 is 0. The van der Waals surface area contributed by atoms with Gasteiger partial charge in [-0.05, 0) is 48.0 Å². The van der Waals surface area contributed by atoms with E-state index in [1.165, 1.54) is 22.0 Å². The fourth-order valence-electron chi connectivity index (χ4n) is 6.02. The van der Waals surface area contributed by atoms with Crippen LogP contribution in [0.5, 0.6) is 0 Å². The first kappa shape index (κ1) is 20.4. The van der Waals surface area contributed by atoms with Crippen molar-refractivity contribution in [3.8, 4) is 22.9 Å². The second-order valence-corrected chi connectivity index (χ2v) is 10.2. The molecule has 176 valence electrons.